The molecule has 1 aromatic carbocycles. The van der Waals surface area contributed by atoms with E-state index in [1.54, 1.807) is 12.1 Å². The third-order valence-electron chi connectivity index (χ3n) is 2.56. The molecule has 0 amide bonds. The first-order valence-corrected chi connectivity index (χ1v) is 5.08. The summed E-state index contributed by atoms with van der Waals surface area (Å²) in [6, 6.07) is 7.37. The summed E-state index contributed by atoms with van der Waals surface area (Å²) < 4.78 is 0. The van der Waals surface area contributed by atoms with Crippen molar-refractivity contribution in [1.82, 2.24) is 0 Å². The Morgan fingerprint density at radius 2 is 1.87 bits per heavy atom. The molecule has 0 aliphatic rings. The fourth-order valence-corrected chi connectivity index (χ4v) is 1.52. The highest BCUT2D eigenvalue weighted by Crippen LogP contribution is 2.18. The average Bonchev–Trinajstić information content (AvgIpc) is 2.15. The fourth-order valence-electron chi connectivity index (χ4n) is 1.52. The molecule has 0 saturated heterocycles. The van der Waals surface area contributed by atoms with E-state index in [-0.39, 0.29) is 11.8 Å². The SMILES string of the molecule is CC(C)[C@@H](Cc1ccc(N)cc1)C(=O)O. The van der Waals surface area contributed by atoms with E-state index in [4.69, 9.17) is 10.8 Å². The van der Waals surface area contributed by atoms with E-state index in [2.05, 4.69) is 0 Å². The van der Waals surface area contributed by atoms with E-state index in [0.29, 0.717) is 12.1 Å². The molecule has 0 heterocycles. The van der Waals surface area contributed by atoms with Gasteiger partial charge < -0.3 is 10.8 Å². The molecule has 0 radical (unpaired) electrons. The largest absolute Gasteiger partial charge is 0.481 e. The van der Waals surface area contributed by atoms with Crippen molar-refractivity contribution in [2.75, 3.05) is 5.73 Å². The van der Waals surface area contributed by atoms with Crippen molar-refractivity contribution in [2.24, 2.45) is 11.8 Å². The fraction of sp³-hybridized carbons (Fsp3) is 0.417. The maximum absolute atomic E-state index is 11.0. The lowest BCUT2D eigenvalue weighted by Crippen LogP contribution is -2.22. The van der Waals surface area contributed by atoms with E-state index in [1.165, 1.54) is 0 Å². The van der Waals surface area contributed by atoms with Gasteiger partial charge in [0.05, 0.1) is 5.92 Å². The van der Waals surface area contributed by atoms with Crippen molar-refractivity contribution in [3.8, 4) is 0 Å². The minimum Gasteiger partial charge on any atom is -0.481 e. The molecule has 1 rings (SSSR count). The third-order valence-corrected chi connectivity index (χ3v) is 2.56. The van der Waals surface area contributed by atoms with E-state index in [1.807, 2.05) is 26.0 Å². The van der Waals surface area contributed by atoms with Crippen LogP contribution in [0.5, 0.6) is 0 Å². The summed E-state index contributed by atoms with van der Waals surface area (Å²) in [6.07, 6.45) is 0.563. The second-order valence-electron chi connectivity index (χ2n) is 4.13. The zero-order chi connectivity index (χ0) is 11.4. The first kappa shape index (κ1) is 11.6. The van der Waals surface area contributed by atoms with Crippen LogP contribution in [0.2, 0.25) is 0 Å². The highest BCUT2D eigenvalue weighted by atomic mass is 16.4. The van der Waals surface area contributed by atoms with Gasteiger partial charge in [-0.15, -0.1) is 0 Å². The number of nitrogens with two attached hydrogens (primary N) is 1. The Labute approximate surface area is 89.9 Å². The van der Waals surface area contributed by atoms with Crippen LogP contribution in [0.15, 0.2) is 24.3 Å². The van der Waals surface area contributed by atoms with Crippen molar-refractivity contribution in [1.29, 1.82) is 0 Å². The van der Waals surface area contributed by atoms with Gasteiger partial charge in [-0.05, 0) is 30.0 Å². The van der Waals surface area contributed by atoms with Crippen LogP contribution in [0.25, 0.3) is 0 Å². The van der Waals surface area contributed by atoms with Gasteiger partial charge in [-0.1, -0.05) is 26.0 Å². The number of carbonyl (C=O) groups is 1. The van der Waals surface area contributed by atoms with Gasteiger partial charge in [-0.2, -0.15) is 0 Å². The molecule has 1 aromatic rings. The van der Waals surface area contributed by atoms with Crippen molar-refractivity contribution in [3.63, 3.8) is 0 Å². The predicted molar refractivity (Wildman–Crippen MR) is 60.5 cm³/mol. The summed E-state index contributed by atoms with van der Waals surface area (Å²) >= 11 is 0. The minimum absolute atomic E-state index is 0.139. The van der Waals surface area contributed by atoms with Crippen LogP contribution in [0.4, 0.5) is 5.69 Å². The number of anilines is 1. The van der Waals surface area contributed by atoms with Gasteiger partial charge in [0, 0.05) is 5.69 Å². The maximum atomic E-state index is 11.0. The number of nitrogen functional groups attached to an aromatic ring is 1. The average molecular weight is 207 g/mol. The highest BCUT2D eigenvalue weighted by molar-refractivity contribution is 5.70. The van der Waals surface area contributed by atoms with Gasteiger partial charge in [0.15, 0.2) is 0 Å². The number of hydrogen-bond acceptors (Lipinski definition) is 2. The predicted octanol–water partition coefficient (Wildman–Crippen LogP) is 2.17. The van der Waals surface area contributed by atoms with Crippen LogP contribution in [0, 0.1) is 11.8 Å². The molecule has 3 N–H and O–H groups in total. The summed E-state index contributed by atoms with van der Waals surface area (Å²) in [5.41, 5.74) is 7.28. The molecule has 0 aliphatic heterocycles. The van der Waals surface area contributed by atoms with Crippen molar-refractivity contribution in [3.05, 3.63) is 29.8 Å². The summed E-state index contributed by atoms with van der Waals surface area (Å²) in [7, 11) is 0. The monoisotopic (exact) mass is 207 g/mol. The van der Waals surface area contributed by atoms with Crippen LogP contribution in [0.1, 0.15) is 19.4 Å². The standard InChI is InChI=1S/C12H17NO2/c1-8(2)11(12(14)15)7-9-3-5-10(13)6-4-9/h3-6,8,11H,7,13H2,1-2H3,(H,14,15)/t11-/m1/s1. The molecular weight excluding hydrogens is 190 g/mol. The molecule has 1 atom stereocenters. The Bertz CT molecular complexity index is 330. The number of carboxylic acid groups (broad SMARTS) is 1. The molecule has 0 unspecified atom stereocenters. The van der Waals surface area contributed by atoms with Crippen LogP contribution in [0.3, 0.4) is 0 Å². The summed E-state index contributed by atoms with van der Waals surface area (Å²) in [6.45, 7) is 3.85. The van der Waals surface area contributed by atoms with Gasteiger partial charge in [-0.25, -0.2) is 0 Å². The van der Waals surface area contributed by atoms with E-state index >= 15 is 0 Å². The quantitative estimate of drug-likeness (QED) is 0.744. The normalized spacial score (nSPS) is 12.7. The number of aliphatic carboxylic acids is 1. The maximum Gasteiger partial charge on any atom is 0.307 e. The summed E-state index contributed by atoms with van der Waals surface area (Å²) in [4.78, 5) is 11.0. The molecule has 82 valence electrons. The van der Waals surface area contributed by atoms with Crippen LogP contribution in [-0.2, 0) is 11.2 Å². The van der Waals surface area contributed by atoms with Crippen LogP contribution >= 0.6 is 0 Å². The lowest BCUT2D eigenvalue weighted by atomic mass is 9.89. The Morgan fingerprint density at radius 1 is 1.33 bits per heavy atom. The summed E-state index contributed by atoms with van der Waals surface area (Å²) in [5.74, 6) is -0.921. The number of rotatable bonds is 4. The smallest absolute Gasteiger partial charge is 0.307 e. The van der Waals surface area contributed by atoms with Gasteiger partial charge in [0.1, 0.15) is 0 Å². The molecule has 0 spiro atoms. The molecule has 0 fully saturated rings. The van der Waals surface area contributed by atoms with E-state index in [9.17, 15) is 4.79 Å². The minimum atomic E-state index is -0.734. The highest BCUT2D eigenvalue weighted by Gasteiger charge is 2.21. The molecule has 15 heavy (non-hydrogen) atoms. The Balaban J connectivity index is 2.74. The van der Waals surface area contributed by atoms with Crippen LogP contribution < -0.4 is 5.73 Å². The van der Waals surface area contributed by atoms with Gasteiger partial charge in [0.25, 0.3) is 0 Å². The van der Waals surface area contributed by atoms with Gasteiger partial charge in [-0.3, -0.25) is 4.79 Å². The zero-order valence-corrected chi connectivity index (χ0v) is 9.10. The lowest BCUT2D eigenvalue weighted by Gasteiger charge is -2.15. The first-order valence-electron chi connectivity index (χ1n) is 5.08. The Hall–Kier alpha value is -1.51. The number of carboxylic acids is 1. The van der Waals surface area contributed by atoms with E-state index < -0.39 is 5.97 Å². The van der Waals surface area contributed by atoms with Crippen molar-refractivity contribution < 1.29 is 9.90 Å². The molecule has 0 saturated carbocycles. The number of benzene rings is 1. The molecule has 3 heteroatoms. The zero-order valence-electron chi connectivity index (χ0n) is 9.10. The number of hydrogen-bond donors (Lipinski definition) is 2. The third kappa shape index (κ3) is 3.27. The molecule has 0 aliphatic carbocycles. The molecule has 0 bridgehead atoms. The Kier molecular flexibility index (Phi) is 3.72. The van der Waals surface area contributed by atoms with Crippen LogP contribution in [-0.4, -0.2) is 11.1 Å². The van der Waals surface area contributed by atoms with Gasteiger partial charge in [0.2, 0.25) is 0 Å². The Morgan fingerprint density at radius 3 is 2.27 bits per heavy atom. The molecular formula is C12H17NO2. The van der Waals surface area contributed by atoms with Crippen molar-refractivity contribution >= 4 is 11.7 Å². The molecule has 0 aromatic heterocycles. The first-order chi connectivity index (χ1) is 7.00. The second-order valence-corrected chi connectivity index (χ2v) is 4.13. The molecule has 3 nitrogen and oxygen atoms in total. The van der Waals surface area contributed by atoms with E-state index in [0.717, 1.165) is 5.56 Å². The van der Waals surface area contributed by atoms with Crippen molar-refractivity contribution in [2.45, 2.75) is 20.3 Å². The second kappa shape index (κ2) is 4.82. The van der Waals surface area contributed by atoms with Gasteiger partial charge >= 0.3 is 5.97 Å². The summed E-state index contributed by atoms with van der Waals surface area (Å²) in [5, 5.41) is 9.03. The lowest BCUT2D eigenvalue weighted by molar-refractivity contribution is -0.143. The topological polar surface area (TPSA) is 63.3 Å².